The van der Waals surface area contributed by atoms with Crippen LogP contribution in [0.4, 0.5) is 0 Å². The van der Waals surface area contributed by atoms with Crippen molar-refractivity contribution in [1.82, 2.24) is 4.57 Å². The van der Waals surface area contributed by atoms with E-state index in [0.717, 1.165) is 0 Å². The van der Waals surface area contributed by atoms with Crippen LogP contribution in [-0.2, 0) is 7.05 Å². The lowest BCUT2D eigenvalue weighted by atomic mass is 10.1. The van der Waals surface area contributed by atoms with Crippen LogP contribution in [-0.4, -0.2) is 4.57 Å². The highest BCUT2D eigenvalue weighted by atomic mass is 14.9. The first-order chi connectivity index (χ1) is 6.06. The summed E-state index contributed by atoms with van der Waals surface area (Å²) in [6.45, 7) is 10.1. The highest BCUT2D eigenvalue weighted by Crippen LogP contribution is 2.18. The molecule has 13 heavy (non-hydrogen) atoms. The number of aromatic nitrogens is 1. The van der Waals surface area contributed by atoms with Gasteiger partial charge in [-0.25, -0.2) is 0 Å². The van der Waals surface area contributed by atoms with E-state index in [-0.39, 0.29) is 0 Å². The fraction of sp³-hybridized carbons (Fsp3) is 0.333. The van der Waals surface area contributed by atoms with E-state index < -0.39 is 0 Å². The molecule has 0 bridgehead atoms. The molecule has 0 spiro atoms. The first kappa shape index (κ1) is 9.85. The number of hydrogen-bond donors (Lipinski definition) is 0. The number of allylic oxidation sites excluding steroid dienone is 2. The zero-order valence-corrected chi connectivity index (χ0v) is 8.89. The highest BCUT2D eigenvalue weighted by Gasteiger charge is 2.03. The topological polar surface area (TPSA) is 4.93 Å². The van der Waals surface area contributed by atoms with Gasteiger partial charge in [0.25, 0.3) is 0 Å². The predicted molar refractivity (Wildman–Crippen MR) is 58.7 cm³/mol. The largest absolute Gasteiger partial charge is 0.354 e. The molecule has 0 fully saturated rings. The van der Waals surface area contributed by atoms with Crippen LogP contribution in [0, 0.1) is 13.8 Å². The molecular weight excluding hydrogens is 158 g/mol. The third kappa shape index (κ3) is 1.92. The summed E-state index contributed by atoms with van der Waals surface area (Å²) < 4.78 is 2.15. The monoisotopic (exact) mass is 175 g/mol. The van der Waals surface area contributed by atoms with E-state index in [0.29, 0.717) is 0 Å². The molecule has 70 valence electrons. The van der Waals surface area contributed by atoms with Crippen LogP contribution < -0.4 is 0 Å². The van der Waals surface area contributed by atoms with Crippen LogP contribution in [0.15, 0.2) is 24.4 Å². The van der Waals surface area contributed by atoms with Crippen molar-refractivity contribution in [3.8, 4) is 0 Å². The van der Waals surface area contributed by atoms with Gasteiger partial charge in [-0.15, -0.1) is 0 Å². The van der Waals surface area contributed by atoms with Crippen molar-refractivity contribution in [2.24, 2.45) is 7.05 Å². The standard InChI is InChI=1S/C12H17N/c1-6-9(2)7-12-10(3)8-13(5)11(12)4/h6-8H,1H2,2-5H3/b9-7-. The van der Waals surface area contributed by atoms with Gasteiger partial charge in [0.2, 0.25) is 0 Å². The maximum absolute atomic E-state index is 3.75. The minimum absolute atomic E-state index is 1.21. The van der Waals surface area contributed by atoms with Gasteiger partial charge in [0.1, 0.15) is 0 Å². The van der Waals surface area contributed by atoms with Crippen LogP contribution in [0.1, 0.15) is 23.7 Å². The summed E-state index contributed by atoms with van der Waals surface area (Å²) in [6, 6.07) is 0. The Balaban J connectivity index is 3.21. The van der Waals surface area contributed by atoms with Gasteiger partial charge >= 0.3 is 0 Å². The molecule has 1 aromatic rings. The van der Waals surface area contributed by atoms with E-state index in [1.165, 1.54) is 22.4 Å². The summed E-state index contributed by atoms with van der Waals surface area (Å²) in [4.78, 5) is 0. The number of hydrogen-bond acceptors (Lipinski definition) is 0. The maximum Gasteiger partial charge on any atom is 0.0216 e. The predicted octanol–water partition coefficient (Wildman–Crippen LogP) is 3.23. The van der Waals surface area contributed by atoms with E-state index in [9.17, 15) is 0 Å². The molecule has 1 heterocycles. The van der Waals surface area contributed by atoms with Crippen molar-refractivity contribution >= 4 is 6.08 Å². The Morgan fingerprint density at radius 1 is 1.46 bits per heavy atom. The molecule has 0 aliphatic carbocycles. The van der Waals surface area contributed by atoms with Gasteiger partial charge in [-0.2, -0.15) is 0 Å². The van der Waals surface area contributed by atoms with Gasteiger partial charge in [0, 0.05) is 18.9 Å². The Labute approximate surface area is 80.4 Å². The fourth-order valence-electron chi connectivity index (χ4n) is 1.44. The van der Waals surface area contributed by atoms with Gasteiger partial charge in [0.15, 0.2) is 0 Å². The molecule has 1 heteroatoms. The normalized spacial score (nSPS) is 11.8. The molecule has 0 saturated carbocycles. The minimum atomic E-state index is 1.21. The van der Waals surface area contributed by atoms with E-state index in [1.54, 1.807) is 0 Å². The summed E-state index contributed by atoms with van der Waals surface area (Å²) in [7, 11) is 2.07. The smallest absolute Gasteiger partial charge is 0.0216 e. The van der Waals surface area contributed by atoms with E-state index in [2.05, 4.69) is 51.2 Å². The van der Waals surface area contributed by atoms with E-state index in [1.807, 2.05) is 6.08 Å². The van der Waals surface area contributed by atoms with Crippen molar-refractivity contribution in [2.75, 3.05) is 0 Å². The van der Waals surface area contributed by atoms with Gasteiger partial charge in [-0.1, -0.05) is 18.2 Å². The molecule has 1 nitrogen and oxygen atoms in total. The highest BCUT2D eigenvalue weighted by molar-refractivity contribution is 5.60. The van der Waals surface area contributed by atoms with Crippen LogP contribution in [0.2, 0.25) is 0 Å². The summed E-state index contributed by atoms with van der Waals surface area (Å²) in [5.41, 5.74) is 5.15. The molecule has 0 amide bonds. The lowest BCUT2D eigenvalue weighted by molar-refractivity contribution is 0.879. The van der Waals surface area contributed by atoms with Crippen molar-refractivity contribution in [2.45, 2.75) is 20.8 Å². The quantitative estimate of drug-likeness (QED) is 0.608. The Morgan fingerprint density at radius 2 is 2.08 bits per heavy atom. The van der Waals surface area contributed by atoms with Crippen LogP contribution in [0.3, 0.4) is 0 Å². The molecule has 0 radical (unpaired) electrons. The van der Waals surface area contributed by atoms with Crippen LogP contribution in [0.5, 0.6) is 0 Å². The second-order valence-electron chi connectivity index (χ2n) is 3.51. The number of nitrogens with zero attached hydrogens (tertiary/aromatic N) is 1. The molecule has 1 aromatic heterocycles. The van der Waals surface area contributed by atoms with Crippen molar-refractivity contribution in [1.29, 1.82) is 0 Å². The summed E-state index contributed by atoms with van der Waals surface area (Å²) in [5, 5.41) is 0. The SMILES string of the molecule is C=C/C(C)=C\c1c(C)cn(C)c1C. The summed E-state index contributed by atoms with van der Waals surface area (Å²) in [5.74, 6) is 0. The molecule has 0 aromatic carbocycles. The summed E-state index contributed by atoms with van der Waals surface area (Å²) >= 11 is 0. The Kier molecular flexibility index (Phi) is 2.76. The zero-order valence-electron chi connectivity index (χ0n) is 8.89. The molecule has 0 atom stereocenters. The van der Waals surface area contributed by atoms with Crippen molar-refractivity contribution < 1.29 is 0 Å². The van der Waals surface area contributed by atoms with Crippen molar-refractivity contribution in [3.05, 3.63) is 41.2 Å². The number of aryl methyl sites for hydroxylation is 2. The molecule has 1 rings (SSSR count). The Hall–Kier alpha value is -1.24. The molecule has 0 saturated heterocycles. The third-order valence-corrected chi connectivity index (χ3v) is 2.42. The molecule has 0 N–H and O–H groups in total. The lowest BCUT2D eigenvalue weighted by Crippen LogP contribution is -1.88. The Morgan fingerprint density at radius 3 is 2.46 bits per heavy atom. The number of rotatable bonds is 2. The lowest BCUT2D eigenvalue weighted by Gasteiger charge is -1.98. The second-order valence-corrected chi connectivity index (χ2v) is 3.51. The van der Waals surface area contributed by atoms with Gasteiger partial charge < -0.3 is 4.57 Å². The van der Waals surface area contributed by atoms with E-state index in [4.69, 9.17) is 0 Å². The third-order valence-electron chi connectivity index (χ3n) is 2.42. The van der Waals surface area contributed by atoms with Gasteiger partial charge in [-0.05, 0) is 38.0 Å². The molecule has 0 aliphatic rings. The first-order valence-electron chi connectivity index (χ1n) is 4.49. The van der Waals surface area contributed by atoms with E-state index >= 15 is 0 Å². The fourth-order valence-corrected chi connectivity index (χ4v) is 1.44. The zero-order chi connectivity index (χ0) is 10.0. The maximum atomic E-state index is 3.75. The van der Waals surface area contributed by atoms with Gasteiger partial charge in [0.05, 0.1) is 0 Å². The average molecular weight is 175 g/mol. The average Bonchev–Trinajstić information content (AvgIpc) is 2.32. The molecule has 0 unspecified atom stereocenters. The molecular formula is C12H17N. The molecule has 0 aliphatic heterocycles. The van der Waals surface area contributed by atoms with Gasteiger partial charge in [-0.3, -0.25) is 0 Å². The first-order valence-corrected chi connectivity index (χ1v) is 4.49. The van der Waals surface area contributed by atoms with Crippen molar-refractivity contribution in [3.63, 3.8) is 0 Å². The van der Waals surface area contributed by atoms with Crippen LogP contribution in [0.25, 0.3) is 6.08 Å². The summed E-state index contributed by atoms with van der Waals surface area (Å²) in [6.07, 6.45) is 6.21. The Bertz CT molecular complexity index is 353. The second kappa shape index (κ2) is 3.65. The minimum Gasteiger partial charge on any atom is -0.354 e. The van der Waals surface area contributed by atoms with Crippen LogP contribution >= 0.6 is 0 Å².